The zero-order valence-electron chi connectivity index (χ0n) is 14.5. The summed E-state index contributed by atoms with van der Waals surface area (Å²) >= 11 is 0. The Morgan fingerprint density at radius 2 is 1.92 bits per heavy atom. The molecule has 5 heteroatoms. The third-order valence-corrected chi connectivity index (χ3v) is 4.22. The molecular formula is C20H21NO4. The van der Waals surface area contributed by atoms with E-state index in [1.165, 1.54) is 12.5 Å². The lowest BCUT2D eigenvalue weighted by Crippen LogP contribution is -2.40. The molecule has 130 valence electrons. The zero-order valence-corrected chi connectivity index (χ0v) is 14.5. The first-order chi connectivity index (χ1) is 12.1. The summed E-state index contributed by atoms with van der Waals surface area (Å²) in [6, 6.07) is 12.9. The number of carbonyl (C=O) groups is 2. The summed E-state index contributed by atoms with van der Waals surface area (Å²) in [6.07, 6.45) is 0.961. The van der Waals surface area contributed by atoms with Crippen LogP contribution in [-0.2, 0) is 11.2 Å². The number of rotatable bonds is 5. The van der Waals surface area contributed by atoms with Crippen molar-refractivity contribution in [1.82, 2.24) is 0 Å². The quantitative estimate of drug-likeness (QED) is 0.785. The number of aryl methyl sites for hydroxylation is 1. The van der Waals surface area contributed by atoms with Crippen LogP contribution in [0, 0.1) is 0 Å². The van der Waals surface area contributed by atoms with Crippen LogP contribution in [0.25, 0.3) is 0 Å². The van der Waals surface area contributed by atoms with Crippen LogP contribution in [0.15, 0.2) is 42.5 Å². The molecule has 2 aromatic carbocycles. The van der Waals surface area contributed by atoms with Crippen LogP contribution in [0.3, 0.4) is 0 Å². The summed E-state index contributed by atoms with van der Waals surface area (Å²) in [6.45, 7) is 4.38. The average Bonchev–Trinajstić information content (AvgIpc) is 2.65. The molecule has 0 N–H and O–H groups in total. The number of Topliss-reactive ketones (excluding diaryl/α,β-unsaturated/α-hetero) is 1. The number of ketones is 1. The number of nitrogens with zero attached hydrogens (tertiary/aromatic N) is 1. The predicted octanol–water partition coefficient (Wildman–Crippen LogP) is 3.26. The Labute approximate surface area is 147 Å². The highest BCUT2D eigenvalue weighted by molar-refractivity contribution is 6.00. The molecule has 25 heavy (non-hydrogen) atoms. The predicted molar refractivity (Wildman–Crippen MR) is 95.6 cm³/mol. The van der Waals surface area contributed by atoms with E-state index >= 15 is 0 Å². The fourth-order valence-electron chi connectivity index (χ4n) is 2.74. The second-order valence-corrected chi connectivity index (χ2v) is 5.92. The SMILES string of the molecule is CCc1ccc(OCC(=O)N2CCOc3ccc(C(C)=O)cc32)cc1. The van der Waals surface area contributed by atoms with E-state index in [1.807, 2.05) is 24.3 Å². The normalized spacial score (nSPS) is 13.0. The van der Waals surface area contributed by atoms with E-state index < -0.39 is 0 Å². The van der Waals surface area contributed by atoms with Gasteiger partial charge in [-0.2, -0.15) is 0 Å². The van der Waals surface area contributed by atoms with Crippen LogP contribution >= 0.6 is 0 Å². The number of hydrogen-bond donors (Lipinski definition) is 0. The Morgan fingerprint density at radius 3 is 2.60 bits per heavy atom. The third-order valence-electron chi connectivity index (χ3n) is 4.22. The Kier molecular flexibility index (Phi) is 5.03. The fraction of sp³-hybridized carbons (Fsp3) is 0.300. The maximum absolute atomic E-state index is 12.6. The van der Waals surface area contributed by atoms with Gasteiger partial charge in [-0.15, -0.1) is 0 Å². The van der Waals surface area contributed by atoms with Gasteiger partial charge in [-0.1, -0.05) is 19.1 Å². The van der Waals surface area contributed by atoms with Gasteiger partial charge in [-0.05, 0) is 49.2 Å². The average molecular weight is 339 g/mol. The van der Waals surface area contributed by atoms with Gasteiger partial charge in [0.15, 0.2) is 12.4 Å². The highest BCUT2D eigenvalue weighted by Crippen LogP contribution is 2.32. The second kappa shape index (κ2) is 7.38. The van der Waals surface area contributed by atoms with Crippen molar-refractivity contribution < 1.29 is 19.1 Å². The minimum absolute atomic E-state index is 0.0481. The molecular weight excluding hydrogens is 318 g/mol. The van der Waals surface area contributed by atoms with E-state index in [-0.39, 0.29) is 18.3 Å². The van der Waals surface area contributed by atoms with Gasteiger partial charge in [-0.3, -0.25) is 9.59 Å². The maximum Gasteiger partial charge on any atom is 0.265 e. The van der Waals surface area contributed by atoms with Crippen molar-refractivity contribution >= 4 is 17.4 Å². The Bertz CT molecular complexity index is 783. The molecule has 1 heterocycles. The smallest absolute Gasteiger partial charge is 0.265 e. The number of fused-ring (bicyclic) bond motifs is 1. The molecule has 0 unspecified atom stereocenters. The zero-order chi connectivity index (χ0) is 17.8. The van der Waals surface area contributed by atoms with Crippen molar-refractivity contribution in [3.8, 4) is 11.5 Å². The van der Waals surface area contributed by atoms with Crippen LogP contribution in [0.5, 0.6) is 11.5 Å². The number of amides is 1. The lowest BCUT2D eigenvalue weighted by Gasteiger charge is -2.29. The topological polar surface area (TPSA) is 55.8 Å². The van der Waals surface area contributed by atoms with Crippen molar-refractivity contribution in [2.24, 2.45) is 0 Å². The number of hydrogen-bond acceptors (Lipinski definition) is 4. The standard InChI is InChI=1S/C20H21NO4/c1-3-15-4-7-17(8-5-15)25-13-20(23)21-10-11-24-19-9-6-16(14(2)22)12-18(19)21/h4-9,12H,3,10-11,13H2,1-2H3. The van der Waals surface area contributed by atoms with Crippen molar-refractivity contribution in [1.29, 1.82) is 0 Å². The van der Waals surface area contributed by atoms with Gasteiger partial charge in [0.25, 0.3) is 5.91 Å². The molecule has 0 aromatic heterocycles. The van der Waals surface area contributed by atoms with Gasteiger partial charge >= 0.3 is 0 Å². The molecule has 0 spiro atoms. The highest BCUT2D eigenvalue weighted by atomic mass is 16.5. The summed E-state index contributed by atoms with van der Waals surface area (Å²) in [5.74, 6) is 1.06. The molecule has 0 aliphatic carbocycles. The van der Waals surface area contributed by atoms with Crippen LogP contribution < -0.4 is 14.4 Å². The van der Waals surface area contributed by atoms with Crippen molar-refractivity contribution in [2.75, 3.05) is 24.7 Å². The van der Waals surface area contributed by atoms with E-state index in [0.717, 1.165) is 6.42 Å². The monoisotopic (exact) mass is 339 g/mol. The van der Waals surface area contributed by atoms with Crippen molar-refractivity contribution in [3.05, 3.63) is 53.6 Å². The molecule has 0 bridgehead atoms. The summed E-state index contributed by atoms with van der Waals surface area (Å²) in [4.78, 5) is 25.8. The molecule has 1 amide bonds. The number of carbonyl (C=O) groups excluding carboxylic acids is 2. The van der Waals surface area contributed by atoms with Crippen molar-refractivity contribution in [2.45, 2.75) is 20.3 Å². The molecule has 5 nitrogen and oxygen atoms in total. The Balaban J connectivity index is 1.72. The summed E-state index contributed by atoms with van der Waals surface area (Å²) < 4.78 is 11.2. The third kappa shape index (κ3) is 3.82. The molecule has 3 rings (SSSR count). The van der Waals surface area contributed by atoms with Crippen LogP contribution in [0.2, 0.25) is 0 Å². The minimum atomic E-state index is -0.162. The Morgan fingerprint density at radius 1 is 1.16 bits per heavy atom. The van der Waals surface area contributed by atoms with Crippen LogP contribution in [0.1, 0.15) is 29.8 Å². The molecule has 1 aliphatic rings. The van der Waals surface area contributed by atoms with Gasteiger partial charge in [0.1, 0.15) is 18.1 Å². The first-order valence-corrected chi connectivity index (χ1v) is 8.38. The largest absolute Gasteiger partial charge is 0.490 e. The van der Waals surface area contributed by atoms with Gasteiger partial charge < -0.3 is 14.4 Å². The summed E-state index contributed by atoms with van der Waals surface area (Å²) in [7, 11) is 0. The van der Waals surface area contributed by atoms with Gasteiger partial charge in [0.2, 0.25) is 0 Å². The lowest BCUT2D eigenvalue weighted by atomic mass is 10.1. The van der Waals surface area contributed by atoms with E-state index in [2.05, 4.69) is 6.92 Å². The molecule has 2 aromatic rings. The van der Waals surface area contributed by atoms with E-state index in [4.69, 9.17) is 9.47 Å². The summed E-state index contributed by atoms with van der Waals surface area (Å²) in [5.41, 5.74) is 2.39. The molecule has 0 radical (unpaired) electrons. The van der Waals surface area contributed by atoms with Crippen molar-refractivity contribution in [3.63, 3.8) is 0 Å². The van der Waals surface area contributed by atoms with Crippen LogP contribution in [0.4, 0.5) is 5.69 Å². The molecule has 0 atom stereocenters. The van der Waals surface area contributed by atoms with Gasteiger partial charge in [-0.25, -0.2) is 0 Å². The molecule has 0 saturated carbocycles. The fourth-order valence-corrected chi connectivity index (χ4v) is 2.74. The van der Waals surface area contributed by atoms with E-state index in [0.29, 0.717) is 35.9 Å². The van der Waals surface area contributed by atoms with Gasteiger partial charge in [0.05, 0.1) is 12.2 Å². The lowest BCUT2D eigenvalue weighted by molar-refractivity contribution is -0.120. The number of ether oxygens (including phenoxy) is 2. The minimum Gasteiger partial charge on any atom is -0.490 e. The maximum atomic E-state index is 12.6. The van der Waals surface area contributed by atoms with Gasteiger partial charge in [0, 0.05) is 5.56 Å². The Hall–Kier alpha value is -2.82. The summed E-state index contributed by atoms with van der Waals surface area (Å²) in [5, 5.41) is 0. The number of anilines is 1. The highest BCUT2D eigenvalue weighted by Gasteiger charge is 2.24. The van der Waals surface area contributed by atoms with E-state index in [1.54, 1.807) is 23.1 Å². The first-order valence-electron chi connectivity index (χ1n) is 8.38. The molecule has 0 saturated heterocycles. The number of benzene rings is 2. The van der Waals surface area contributed by atoms with Crippen LogP contribution in [-0.4, -0.2) is 31.4 Å². The molecule has 0 fully saturated rings. The van der Waals surface area contributed by atoms with E-state index in [9.17, 15) is 9.59 Å². The second-order valence-electron chi connectivity index (χ2n) is 5.92. The molecule has 1 aliphatic heterocycles. The first kappa shape index (κ1) is 17.0.